The van der Waals surface area contributed by atoms with Crippen LogP contribution in [0.3, 0.4) is 0 Å². The van der Waals surface area contributed by atoms with Gasteiger partial charge in [0.25, 0.3) is 0 Å². The van der Waals surface area contributed by atoms with Gasteiger partial charge in [-0.15, -0.1) is 0 Å². The first kappa shape index (κ1) is 14.2. The minimum atomic E-state index is -4.89. The molecule has 0 saturated heterocycles. The molecule has 0 atom stereocenters. The van der Waals surface area contributed by atoms with E-state index in [1.807, 2.05) is 0 Å². The molecule has 0 radical (unpaired) electrons. The SMILES string of the molecule is O=C(O)CC(=O)OP(=O)(O)O.[H-].[Li+]. The fraction of sp³-hybridized carbons (Fsp3) is 0.333. The molecule has 0 aromatic heterocycles. The van der Waals surface area contributed by atoms with Crippen molar-refractivity contribution in [1.29, 1.82) is 0 Å². The van der Waals surface area contributed by atoms with Crippen LogP contribution in [-0.4, -0.2) is 26.8 Å². The van der Waals surface area contributed by atoms with Gasteiger partial charge in [0.1, 0.15) is 6.42 Å². The molecule has 0 fully saturated rings. The molecule has 0 aromatic rings. The number of carbonyl (C=O) groups is 2. The Hall–Kier alpha value is -0.313. The maximum Gasteiger partial charge on any atom is 1.00 e. The van der Waals surface area contributed by atoms with Gasteiger partial charge in [-0.2, -0.15) is 0 Å². The van der Waals surface area contributed by atoms with E-state index in [0.29, 0.717) is 0 Å². The zero-order chi connectivity index (χ0) is 9.07. The molecule has 0 rings (SSSR count). The third kappa shape index (κ3) is 9.69. The number of hydrogen-bond acceptors (Lipinski definition) is 4. The molecule has 0 saturated carbocycles. The predicted octanol–water partition coefficient (Wildman–Crippen LogP) is -3.79. The van der Waals surface area contributed by atoms with Gasteiger partial charge in [0.15, 0.2) is 0 Å². The van der Waals surface area contributed by atoms with Crippen molar-refractivity contribution in [3.8, 4) is 0 Å². The van der Waals surface area contributed by atoms with Gasteiger partial charge in [-0.05, 0) is 0 Å². The summed E-state index contributed by atoms with van der Waals surface area (Å²) in [5.41, 5.74) is 0. The van der Waals surface area contributed by atoms with E-state index in [1.54, 1.807) is 0 Å². The van der Waals surface area contributed by atoms with Crippen LogP contribution < -0.4 is 18.9 Å². The predicted molar refractivity (Wildman–Crippen MR) is 31.5 cm³/mol. The fourth-order valence-corrected chi connectivity index (χ4v) is 0.618. The standard InChI is InChI=1S/C3H5O7P.Li.H/c4-2(5)1-3(6)10-11(7,8)9;;/h1H2,(H,4,5)(H2,7,8,9);;/q;+1;-1. The summed E-state index contributed by atoms with van der Waals surface area (Å²) in [7, 11) is -4.89. The fourth-order valence-electron chi connectivity index (χ4n) is 0.288. The molecule has 7 nitrogen and oxygen atoms in total. The van der Waals surface area contributed by atoms with E-state index in [0.717, 1.165) is 0 Å². The van der Waals surface area contributed by atoms with Crippen molar-refractivity contribution < 1.29 is 53.9 Å². The Morgan fingerprint density at radius 2 is 1.83 bits per heavy atom. The largest absolute Gasteiger partial charge is 1.00 e. The van der Waals surface area contributed by atoms with Crippen LogP contribution in [0.5, 0.6) is 0 Å². The summed E-state index contributed by atoms with van der Waals surface area (Å²) in [5, 5.41) is 7.93. The van der Waals surface area contributed by atoms with Gasteiger partial charge in [-0.1, -0.05) is 0 Å². The number of rotatable bonds is 3. The van der Waals surface area contributed by atoms with Crippen LogP contribution in [0.4, 0.5) is 0 Å². The smallest absolute Gasteiger partial charge is 1.00 e. The normalized spacial score (nSPS) is 9.83. The molecule has 66 valence electrons. The number of aliphatic carboxylic acids is 1. The molecule has 0 aromatic carbocycles. The second-order valence-corrected chi connectivity index (χ2v) is 2.69. The Balaban J connectivity index is -0.000000500. The summed E-state index contributed by atoms with van der Waals surface area (Å²) in [6.45, 7) is 0. The molecule has 0 aliphatic heterocycles. The summed E-state index contributed by atoms with van der Waals surface area (Å²) in [5.74, 6) is -2.98. The Bertz CT molecular complexity index is 224. The maximum absolute atomic E-state index is 10.2. The van der Waals surface area contributed by atoms with Crippen LogP contribution in [-0.2, 0) is 18.7 Å². The van der Waals surface area contributed by atoms with Gasteiger partial charge in [-0.3, -0.25) is 19.4 Å². The van der Waals surface area contributed by atoms with E-state index in [2.05, 4.69) is 4.52 Å². The Morgan fingerprint density at radius 1 is 1.42 bits per heavy atom. The first-order valence-electron chi connectivity index (χ1n) is 2.31. The molecular weight excluding hydrogens is 186 g/mol. The molecule has 0 heterocycles. The first-order valence-corrected chi connectivity index (χ1v) is 3.84. The maximum atomic E-state index is 10.2. The van der Waals surface area contributed by atoms with Crippen molar-refractivity contribution >= 4 is 19.8 Å². The monoisotopic (exact) mass is 192 g/mol. The summed E-state index contributed by atoms with van der Waals surface area (Å²) in [6.07, 6.45) is -1.06. The van der Waals surface area contributed by atoms with Crippen LogP contribution in [0, 0.1) is 0 Å². The number of phosphoric ester groups is 1. The quantitative estimate of drug-likeness (QED) is 0.238. The summed E-state index contributed by atoms with van der Waals surface area (Å²) >= 11 is 0. The van der Waals surface area contributed by atoms with Crippen molar-refractivity contribution in [2.24, 2.45) is 0 Å². The molecule has 0 aliphatic carbocycles. The van der Waals surface area contributed by atoms with Crippen LogP contribution in [0.1, 0.15) is 7.85 Å². The Labute approximate surface area is 80.6 Å². The van der Waals surface area contributed by atoms with E-state index >= 15 is 0 Å². The topological polar surface area (TPSA) is 121 Å². The van der Waals surface area contributed by atoms with Crippen molar-refractivity contribution in [3.63, 3.8) is 0 Å². The van der Waals surface area contributed by atoms with Crippen molar-refractivity contribution in [3.05, 3.63) is 0 Å². The van der Waals surface area contributed by atoms with Gasteiger partial charge in [0, 0.05) is 0 Å². The number of carbonyl (C=O) groups excluding carboxylic acids is 1. The zero-order valence-corrected chi connectivity index (χ0v) is 7.02. The molecule has 0 amide bonds. The van der Waals surface area contributed by atoms with Gasteiger partial charge < -0.3 is 11.1 Å². The second kappa shape index (κ2) is 5.35. The molecule has 0 aliphatic rings. The summed E-state index contributed by atoms with van der Waals surface area (Å²) in [4.78, 5) is 35.9. The van der Waals surface area contributed by atoms with Crippen molar-refractivity contribution in [1.82, 2.24) is 0 Å². The molecule has 0 unspecified atom stereocenters. The van der Waals surface area contributed by atoms with E-state index in [4.69, 9.17) is 14.9 Å². The van der Waals surface area contributed by atoms with Crippen LogP contribution in [0.25, 0.3) is 0 Å². The number of hydrogen-bond donors (Lipinski definition) is 3. The van der Waals surface area contributed by atoms with E-state index in [-0.39, 0.29) is 20.3 Å². The van der Waals surface area contributed by atoms with E-state index in [9.17, 15) is 14.2 Å². The average molecular weight is 192 g/mol. The van der Waals surface area contributed by atoms with Crippen molar-refractivity contribution in [2.45, 2.75) is 6.42 Å². The van der Waals surface area contributed by atoms with Crippen LogP contribution >= 0.6 is 7.82 Å². The first-order chi connectivity index (χ1) is 4.81. The molecule has 3 N–H and O–H groups in total. The van der Waals surface area contributed by atoms with Crippen LogP contribution in [0.2, 0.25) is 0 Å². The second-order valence-electron chi connectivity index (χ2n) is 1.52. The van der Waals surface area contributed by atoms with Gasteiger partial charge in [-0.25, -0.2) is 4.57 Å². The average Bonchev–Trinajstić information content (AvgIpc) is 1.53. The minimum absolute atomic E-state index is 0. The van der Waals surface area contributed by atoms with Gasteiger partial charge >= 0.3 is 38.6 Å². The molecular formula is C3H6LiO7P. The van der Waals surface area contributed by atoms with Crippen LogP contribution in [0.15, 0.2) is 0 Å². The molecule has 0 spiro atoms. The van der Waals surface area contributed by atoms with E-state index in [1.165, 1.54) is 0 Å². The van der Waals surface area contributed by atoms with Gasteiger partial charge in [0.2, 0.25) is 0 Å². The summed E-state index contributed by atoms with van der Waals surface area (Å²) in [6, 6.07) is 0. The third-order valence-electron chi connectivity index (χ3n) is 0.516. The Kier molecular flexibility index (Phi) is 6.35. The molecule has 9 heteroatoms. The van der Waals surface area contributed by atoms with Gasteiger partial charge in [0.05, 0.1) is 0 Å². The molecule has 12 heavy (non-hydrogen) atoms. The van der Waals surface area contributed by atoms with Crippen molar-refractivity contribution in [2.75, 3.05) is 0 Å². The summed E-state index contributed by atoms with van der Waals surface area (Å²) < 4.78 is 13.3. The number of carboxylic acid groups (broad SMARTS) is 1. The zero-order valence-electron chi connectivity index (χ0n) is 7.13. The number of carboxylic acids is 1. The molecule has 0 bridgehead atoms. The van der Waals surface area contributed by atoms with E-state index < -0.39 is 26.2 Å². The Morgan fingerprint density at radius 3 is 2.08 bits per heavy atom. The third-order valence-corrected chi connectivity index (χ3v) is 0.958. The number of phosphoric acid groups is 1. The minimum Gasteiger partial charge on any atom is -1.00 e.